The van der Waals surface area contributed by atoms with E-state index in [1.807, 2.05) is 90.9 Å². The summed E-state index contributed by atoms with van der Waals surface area (Å²) in [7, 11) is 8.61. The summed E-state index contributed by atoms with van der Waals surface area (Å²) in [6.45, 7) is 14.5. The molecule has 1 fully saturated rings. The first kappa shape index (κ1) is 57.5. The van der Waals surface area contributed by atoms with Crippen LogP contribution < -0.4 is 10.6 Å². The molecule has 0 spiro atoms. The smallest absolute Gasteiger partial charge is 0.253 e. The van der Waals surface area contributed by atoms with Gasteiger partial charge in [0.1, 0.15) is 0 Å². The summed E-state index contributed by atoms with van der Waals surface area (Å²) in [5.74, 6) is -3.37. The second-order valence-corrected chi connectivity index (χ2v) is 19.7. The van der Waals surface area contributed by atoms with Crippen LogP contribution in [0.5, 0.6) is 0 Å². The highest BCUT2D eigenvalue weighted by atomic mass is 16.5. The number of carbonyl (C=O) groups is 8. The SMILES string of the molecule is CC[C@H](C)[C@@H]([C@@H](CC(=O)N1CCC[C@H]1[C@H](OC)[C@@H](C)C(=O)N[C@@H](Cc1ccccc1)C(=O)CCCCNC(=O)CCN1C(=O)C=CC1=O)OC)N(C)C(=O)[C@@H](CC(=O)[C@H](C(C)C)N(C)C)C(C)C. The van der Waals surface area contributed by atoms with E-state index in [2.05, 4.69) is 10.6 Å². The lowest BCUT2D eigenvalue weighted by Gasteiger charge is -2.41. The molecule has 16 nitrogen and oxygen atoms in total. The molecule has 1 aromatic rings. The number of likely N-dealkylation sites (tertiary alicyclic amines) is 1. The Labute approximate surface area is 405 Å². The highest BCUT2D eigenvalue weighted by Crippen LogP contribution is 2.31. The molecular formula is C52H82N6O10. The molecule has 3 rings (SSSR count). The van der Waals surface area contributed by atoms with Crippen LogP contribution in [0.1, 0.15) is 112 Å². The molecule has 68 heavy (non-hydrogen) atoms. The normalized spacial score (nSPS) is 18.6. The number of nitrogens with one attached hydrogen (secondary N) is 2. The van der Waals surface area contributed by atoms with Gasteiger partial charge in [0.05, 0.1) is 48.7 Å². The topological polar surface area (TPSA) is 192 Å². The Bertz CT molecular complexity index is 1860. The van der Waals surface area contributed by atoms with Gasteiger partial charge >= 0.3 is 0 Å². The van der Waals surface area contributed by atoms with Crippen molar-refractivity contribution in [2.24, 2.45) is 29.6 Å². The molecule has 6 amide bonds. The highest BCUT2D eigenvalue weighted by Gasteiger charge is 2.43. The molecule has 0 radical (unpaired) electrons. The summed E-state index contributed by atoms with van der Waals surface area (Å²) >= 11 is 0. The molecule has 1 aromatic carbocycles. The molecule has 380 valence electrons. The van der Waals surface area contributed by atoms with E-state index in [1.165, 1.54) is 19.3 Å². The number of rotatable bonds is 30. The molecule has 2 heterocycles. The van der Waals surface area contributed by atoms with E-state index in [0.717, 1.165) is 16.9 Å². The van der Waals surface area contributed by atoms with Crippen molar-refractivity contribution >= 4 is 47.0 Å². The fourth-order valence-corrected chi connectivity index (χ4v) is 9.95. The van der Waals surface area contributed by atoms with Crippen molar-refractivity contribution in [1.82, 2.24) is 30.2 Å². The largest absolute Gasteiger partial charge is 0.379 e. The van der Waals surface area contributed by atoms with Crippen LogP contribution in [0.3, 0.4) is 0 Å². The van der Waals surface area contributed by atoms with Crippen molar-refractivity contribution in [2.45, 2.75) is 149 Å². The van der Waals surface area contributed by atoms with Crippen molar-refractivity contribution in [3.8, 4) is 0 Å². The number of Topliss-reactive ketones (excluding diaryl/α,β-unsaturated/α-hetero) is 2. The summed E-state index contributed by atoms with van der Waals surface area (Å²) in [5.41, 5.74) is 0.875. The first-order valence-electron chi connectivity index (χ1n) is 24.7. The molecule has 9 atom stereocenters. The molecule has 0 bridgehead atoms. The van der Waals surface area contributed by atoms with Crippen LogP contribution in [0.4, 0.5) is 0 Å². The first-order chi connectivity index (χ1) is 32.2. The van der Waals surface area contributed by atoms with Crippen molar-refractivity contribution in [2.75, 3.05) is 55.0 Å². The molecule has 0 unspecified atom stereocenters. The number of unbranched alkanes of at least 4 members (excludes halogenated alkanes) is 1. The quantitative estimate of drug-likeness (QED) is 0.0808. The molecule has 1 saturated heterocycles. The van der Waals surface area contributed by atoms with Gasteiger partial charge in [-0.15, -0.1) is 0 Å². The Morgan fingerprint density at radius 1 is 0.824 bits per heavy atom. The molecule has 2 N–H and O–H groups in total. The van der Waals surface area contributed by atoms with Crippen molar-refractivity contribution in [3.05, 3.63) is 48.0 Å². The number of ketones is 2. The number of nitrogens with zero attached hydrogens (tertiary/aromatic N) is 4. The summed E-state index contributed by atoms with van der Waals surface area (Å²) in [6, 6.07) is 7.39. The molecule has 16 heteroatoms. The van der Waals surface area contributed by atoms with Gasteiger partial charge in [0, 0.05) is 78.2 Å². The summed E-state index contributed by atoms with van der Waals surface area (Å²) in [4.78, 5) is 113. The molecule has 2 aliphatic heterocycles. The van der Waals surface area contributed by atoms with Crippen molar-refractivity contribution < 1.29 is 47.8 Å². The van der Waals surface area contributed by atoms with Crippen LogP contribution in [0.2, 0.25) is 0 Å². The van der Waals surface area contributed by atoms with Crippen LogP contribution in [-0.4, -0.2) is 158 Å². The number of amides is 6. The number of likely N-dealkylation sites (N-methyl/N-ethyl adjacent to an activating group) is 2. The number of benzene rings is 1. The van der Waals surface area contributed by atoms with E-state index in [4.69, 9.17) is 9.47 Å². The van der Waals surface area contributed by atoms with Gasteiger partial charge < -0.3 is 29.9 Å². The number of hydrogen-bond donors (Lipinski definition) is 2. The Morgan fingerprint density at radius 3 is 2.03 bits per heavy atom. The lowest BCUT2D eigenvalue weighted by Crippen LogP contribution is -2.55. The standard InChI is InChI=1S/C52H82N6O10/c1-13-35(6)49(56(10)52(66)38(33(2)3)31-42(60)48(34(4)5)55(8)9)43(67-11)32-47(64)57-28-19-22-40(57)50(68-12)36(7)51(65)54-39(30-37-20-15-14-16-21-37)41(59)23-17-18-27-53-44(61)26-29-58-45(62)24-25-46(58)63/h14-16,20-21,24-25,33-36,38-40,43,48-50H,13,17-19,22-23,26-32H2,1-12H3,(H,53,61)(H,54,65)/t35-,36+,38-,39-,40-,43+,48-,49-,50+/m0/s1. The monoisotopic (exact) mass is 951 g/mol. The fourth-order valence-electron chi connectivity index (χ4n) is 9.95. The molecule has 0 saturated carbocycles. The van der Waals surface area contributed by atoms with Crippen LogP contribution >= 0.6 is 0 Å². The van der Waals surface area contributed by atoms with Gasteiger partial charge in [-0.2, -0.15) is 0 Å². The minimum Gasteiger partial charge on any atom is -0.379 e. The third-order valence-corrected chi connectivity index (χ3v) is 13.9. The zero-order valence-corrected chi connectivity index (χ0v) is 43.0. The predicted molar refractivity (Wildman–Crippen MR) is 261 cm³/mol. The molecule has 2 aliphatic rings. The van der Waals surface area contributed by atoms with E-state index in [1.54, 1.807) is 30.9 Å². The minimum absolute atomic E-state index is 0.00632. The number of carbonyl (C=O) groups excluding carboxylic acids is 8. The van der Waals surface area contributed by atoms with Gasteiger partial charge in [0.2, 0.25) is 23.6 Å². The number of hydrogen-bond acceptors (Lipinski definition) is 11. The maximum absolute atomic E-state index is 14.4. The average Bonchev–Trinajstić information content (AvgIpc) is 3.91. The maximum Gasteiger partial charge on any atom is 0.253 e. The van der Waals surface area contributed by atoms with Gasteiger partial charge in [0.15, 0.2) is 11.6 Å². The Balaban J connectivity index is 1.70. The van der Waals surface area contributed by atoms with Crippen LogP contribution in [0.15, 0.2) is 42.5 Å². The van der Waals surface area contributed by atoms with Gasteiger partial charge in [0.25, 0.3) is 11.8 Å². The Kier molecular flexibility index (Phi) is 23.7. The van der Waals surface area contributed by atoms with E-state index in [9.17, 15) is 38.4 Å². The summed E-state index contributed by atoms with van der Waals surface area (Å²) < 4.78 is 12.1. The first-order valence-corrected chi connectivity index (χ1v) is 24.7. The highest BCUT2D eigenvalue weighted by molar-refractivity contribution is 6.13. The average molecular weight is 951 g/mol. The Hall–Kier alpha value is -4.80. The second-order valence-electron chi connectivity index (χ2n) is 19.7. The lowest BCUT2D eigenvalue weighted by atomic mass is 9.83. The number of ether oxygens (including phenoxy) is 2. The third-order valence-electron chi connectivity index (χ3n) is 13.9. The van der Waals surface area contributed by atoms with Gasteiger partial charge in [-0.1, -0.05) is 85.2 Å². The zero-order chi connectivity index (χ0) is 50.8. The lowest BCUT2D eigenvalue weighted by molar-refractivity contribution is -0.149. The molecular weight excluding hydrogens is 869 g/mol. The molecule has 0 aliphatic carbocycles. The molecule has 0 aromatic heterocycles. The van der Waals surface area contributed by atoms with E-state index < -0.39 is 54.0 Å². The predicted octanol–water partition coefficient (Wildman–Crippen LogP) is 4.62. The van der Waals surface area contributed by atoms with E-state index in [0.29, 0.717) is 38.8 Å². The number of imide groups is 1. The maximum atomic E-state index is 14.4. The van der Waals surface area contributed by atoms with Crippen LogP contribution in [0.25, 0.3) is 0 Å². The summed E-state index contributed by atoms with van der Waals surface area (Å²) in [6.07, 6.45) is 4.53. The van der Waals surface area contributed by atoms with Crippen molar-refractivity contribution in [1.29, 1.82) is 0 Å². The zero-order valence-electron chi connectivity index (χ0n) is 43.0. The second kappa shape index (κ2) is 28.0. The fraction of sp³-hybridized carbons (Fsp3) is 0.692. The van der Waals surface area contributed by atoms with Crippen LogP contribution in [0, 0.1) is 29.6 Å². The minimum atomic E-state index is -0.831. The van der Waals surface area contributed by atoms with Crippen LogP contribution in [-0.2, 0) is 54.3 Å². The van der Waals surface area contributed by atoms with E-state index in [-0.39, 0.29) is 97.6 Å². The number of methoxy groups -OCH3 is 2. The van der Waals surface area contributed by atoms with Gasteiger partial charge in [-0.3, -0.25) is 48.2 Å². The summed E-state index contributed by atoms with van der Waals surface area (Å²) in [5, 5.41) is 5.79. The van der Waals surface area contributed by atoms with Gasteiger partial charge in [-0.25, -0.2) is 0 Å². The van der Waals surface area contributed by atoms with E-state index >= 15 is 0 Å². The van der Waals surface area contributed by atoms with Crippen molar-refractivity contribution in [3.63, 3.8) is 0 Å². The Morgan fingerprint density at radius 2 is 1.47 bits per heavy atom. The van der Waals surface area contributed by atoms with Gasteiger partial charge in [-0.05, 0) is 69.5 Å². The third kappa shape index (κ3) is 16.1.